The maximum Gasteiger partial charge on any atom is 0.352 e. The molecule has 0 N–H and O–H groups in total. The molecule has 0 fully saturated rings. The molecule has 0 atom stereocenters. The molecule has 0 amide bonds. The molecule has 5 heteroatoms. The van der Waals surface area contributed by atoms with Crippen LogP contribution in [-0.4, -0.2) is 19.8 Å². The van der Waals surface area contributed by atoms with E-state index in [0.29, 0.717) is 0 Å². The lowest BCUT2D eigenvalue weighted by Crippen LogP contribution is -2.07. The number of carbonyl (C=O) groups is 2. The fourth-order valence-electron chi connectivity index (χ4n) is 0.139. The summed E-state index contributed by atoms with van der Waals surface area (Å²) >= 11 is 0. The molecule has 0 aromatic heterocycles. The highest BCUT2D eigenvalue weighted by atomic mass is 17.2. The Balaban J connectivity index is 3.28. The second-order valence-corrected chi connectivity index (χ2v) is 1.23. The van der Waals surface area contributed by atoms with E-state index >= 15 is 0 Å². The quantitative estimate of drug-likeness (QED) is 0.273. The van der Waals surface area contributed by atoms with Crippen LogP contribution in [0.1, 0.15) is 6.92 Å². The van der Waals surface area contributed by atoms with Crippen molar-refractivity contribution < 1.29 is 19.4 Å². The summed E-state index contributed by atoms with van der Waals surface area (Å²) < 4.78 is 0. The maximum absolute atomic E-state index is 10.1. The van der Waals surface area contributed by atoms with Gasteiger partial charge in [0.1, 0.15) is 0 Å². The van der Waals surface area contributed by atoms with Crippen LogP contribution in [0.2, 0.25) is 6.32 Å². The fourth-order valence-corrected chi connectivity index (χ4v) is 0.139. The zero-order valence-electron chi connectivity index (χ0n) is 4.92. The van der Waals surface area contributed by atoms with Crippen LogP contribution in [-0.2, 0) is 19.4 Å². The molecule has 9 heavy (non-hydrogen) atoms. The molecule has 0 aromatic carbocycles. The number of hydrogen-bond donors (Lipinski definition) is 0. The molecule has 0 aromatic rings. The summed E-state index contributed by atoms with van der Waals surface area (Å²) in [4.78, 5) is 27.7. The van der Waals surface area contributed by atoms with Crippen molar-refractivity contribution in [2.24, 2.45) is 0 Å². The summed E-state index contributed by atoms with van der Waals surface area (Å²) in [5.41, 5.74) is 0. The summed E-state index contributed by atoms with van der Waals surface area (Å²) in [5.74, 6) is -1.46. The van der Waals surface area contributed by atoms with Crippen LogP contribution in [0.3, 0.4) is 0 Å². The lowest BCUT2D eigenvalue weighted by atomic mass is 10.1. The van der Waals surface area contributed by atoms with Crippen LogP contribution in [0.15, 0.2) is 0 Å². The van der Waals surface area contributed by atoms with Crippen LogP contribution in [0.4, 0.5) is 0 Å². The van der Waals surface area contributed by atoms with Gasteiger partial charge in [-0.3, -0.25) is 0 Å². The van der Waals surface area contributed by atoms with Gasteiger partial charge in [0.05, 0.1) is 7.85 Å². The van der Waals surface area contributed by atoms with Crippen LogP contribution in [0.25, 0.3) is 0 Å². The van der Waals surface area contributed by atoms with Crippen molar-refractivity contribution in [3.63, 3.8) is 0 Å². The van der Waals surface area contributed by atoms with E-state index in [0.717, 1.165) is 6.92 Å². The highest BCUT2D eigenvalue weighted by Gasteiger charge is 2.00. The van der Waals surface area contributed by atoms with Gasteiger partial charge in [-0.05, 0) is 0 Å². The molecule has 2 radical (unpaired) electrons. The Morgan fingerprint density at radius 3 is 2.33 bits per heavy atom. The van der Waals surface area contributed by atoms with Gasteiger partial charge in [0.25, 0.3) is 0 Å². The Labute approximate surface area is 53.5 Å². The third-order valence-corrected chi connectivity index (χ3v) is 0.419. The van der Waals surface area contributed by atoms with Gasteiger partial charge in [0.15, 0.2) is 0 Å². The van der Waals surface area contributed by atoms with E-state index in [-0.39, 0.29) is 6.32 Å². The molecular formula is C4H5BO4. The van der Waals surface area contributed by atoms with Crippen LogP contribution < -0.4 is 0 Å². The van der Waals surface area contributed by atoms with Gasteiger partial charge in [-0.15, -0.1) is 0 Å². The van der Waals surface area contributed by atoms with Gasteiger partial charge in [-0.25, -0.2) is 19.4 Å². The Bertz CT molecular complexity index is 122. The van der Waals surface area contributed by atoms with E-state index < -0.39 is 11.9 Å². The molecule has 0 aliphatic rings. The minimum absolute atomic E-state index is 0.298. The molecule has 0 aliphatic carbocycles. The molecule has 0 spiro atoms. The Morgan fingerprint density at radius 2 is 2.00 bits per heavy atom. The zero-order valence-corrected chi connectivity index (χ0v) is 4.92. The topological polar surface area (TPSA) is 52.6 Å². The van der Waals surface area contributed by atoms with Crippen LogP contribution >= 0.6 is 0 Å². The van der Waals surface area contributed by atoms with Gasteiger partial charge >= 0.3 is 11.9 Å². The van der Waals surface area contributed by atoms with Crippen molar-refractivity contribution in [3.8, 4) is 0 Å². The normalized spacial score (nSPS) is 8.11. The fraction of sp³-hybridized carbons (Fsp3) is 0.500. The van der Waals surface area contributed by atoms with Crippen LogP contribution in [0.5, 0.6) is 0 Å². The van der Waals surface area contributed by atoms with Crippen molar-refractivity contribution in [1.29, 1.82) is 0 Å². The highest BCUT2D eigenvalue weighted by molar-refractivity contribution is 6.18. The van der Waals surface area contributed by atoms with E-state index in [1.165, 1.54) is 0 Å². The van der Waals surface area contributed by atoms with Gasteiger partial charge in [0, 0.05) is 13.2 Å². The lowest BCUT2D eigenvalue weighted by Gasteiger charge is -1.95. The summed E-state index contributed by atoms with van der Waals surface area (Å²) in [6.07, 6.45) is -0.298. The smallest absolute Gasteiger partial charge is 0.248 e. The van der Waals surface area contributed by atoms with Crippen LogP contribution in [0, 0.1) is 0 Å². The minimum atomic E-state index is -0.773. The molecular weight excluding hydrogens is 123 g/mol. The van der Waals surface area contributed by atoms with Gasteiger partial charge in [-0.1, -0.05) is 0 Å². The monoisotopic (exact) mass is 128 g/mol. The standard InChI is InChI=1S/C4H5BO4/c1-3(6)8-9-4(7)2-5/h2H2,1H3. The third kappa shape index (κ3) is 4.87. The first-order valence-corrected chi connectivity index (χ1v) is 2.24. The molecule has 4 nitrogen and oxygen atoms in total. The van der Waals surface area contributed by atoms with E-state index in [2.05, 4.69) is 9.78 Å². The summed E-state index contributed by atoms with van der Waals surface area (Å²) in [7, 11) is 4.79. The molecule has 0 unspecified atom stereocenters. The van der Waals surface area contributed by atoms with E-state index in [4.69, 9.17) is 7.85 Å². The van der Waals surface area contributed by atoms with Crippen molar-refractivity contribution in [2.75, 3.05) is 0 Å². The van der Waals surface area contributed by atoms with E-state index in [9.17, 15) is 9.59 Å². The first-order chi connectivity index (χ1) is 4.16. The molecule has 0 rings (SSSR count). The third-order valence-electron chi connectivity index (χ3n) is 0.419. The van der Waals surface area contributed by atoms with E-state index in [1.54, 1.807) is 0 Å². The minimum Gasteiger partial charge on any atom is -0.248 e. The second kappa shape index (κ2) is 3.94. The van der Waals surface area contributed by atoms with Crippen molar-refractivity contribution in [3.05, 3.63) is 0 Å². The molecule has 0 saturated carbocycles. The van der Waals surface area contributed by atoms with Crippen molar-refractivity contribution in [2.45, 2.75) is 13.2 Å². The maximum atomic E-state index is 10.1. The number of rotatable bonds is 1. The summed E-state index contributed by atoms with van der Waals surface area (Å²) in [6, 6.07) is 0. The Kier molecular flexibility index (Phi) is 3.51. The second-order valence-electron chi connectivity index (χ2n) is 1.23. The van der Waals surface area contributed by atoms with Crippen molar-refractivity contribution >= 4 is 19.8 Å². The predicted octanol–water partition coefficient (Wildman–Crippen LogP) is -0.405. The predicted molar refractivity (Wildman–Crippen MR) is 28.4 cm³/mol. The SMILES string of the molecule is [B]CC(=O)OOC(C)=O. The van der Waals surface area contributed by atoms with Gasteiger partial charge < -0.3 is 0 Å². The molecule has 0 bridgehead atoms. The van der Waals surface area contributed by atoms with Crippen molar-refractivity contribution in [1.82, 2.24) is 0 Å². The zero-order chi connectivity index (χ0) is 7.28. The number of carbonyl (C=O) groups excluding carboxylic acids is 2. The summed E-state index contributed by atoms with van der Waals surface area (Å²) in [5, 5.41) is 0. The molecule has 0 saturated heterocycles. The Hall–Kier alpha value is -0.995. The van der Waals surface area contributed by atoms with E-state index in [1.807, 2.05) is 0 Å². The molecule has 0 heterocycles. The first-order valence-electron chi connectivity index (χ1n) is 2.24. The lowest BCUT2D eigenvalue weighted by molar-refractivity contribution is -0.255. The average molecular weight is 128 g/mol. The first kappa shape index (κ1) is 8.00. The highest BCUT2D eigenvalue weighted by Crippen LogP contribution is 1.84. The van der Waals surface area contributed by atoms with Gasteiger partial charge in [-0.2, -0.15) is 0 Å². The largest absolute Gasteiger partial charge is 0.352 e. The van der Waals surface area contributed by atoms with Gasteiger partial charge in [0.2, 0.25) is 0 Å². The molecule has 0 aliphatic heterocycles. The summed E-state index contributed by atoms with van der Waals surface area (Å²) in [6.45, 7) is 1.11. The average Bonchev–Trinajstić information content (AvgIpc) is 1.83. The Morgan fingerprint density at radius 1 is 1.44 bits per heavy atom. The molecule has 48 valence electrons. The number of hydrogen-bond acceptors (Lipinski definition) is 4.